The average molecular weight is 220 g/mol. The maximum absolute atomic E-state index is 10.4. The largest absolute Gasteiger partial charge is 0.386 e. The molecule has 0 aromatic heterocycles. The number of hydrogen-bond acceptors (Lipinski definition) is 2. The summed E-state index contributed by atoms with van der Waals surface area (Å²) in [6, 6.07) is 6.08. The van der Waals surface area contributed by atoms with Crippen molar-refractivity contribution in [3.63, 3.8) is 0 Å². The second-order valence-corrected chi connectivity index (χ2v) is 4.77. The Morgan fingerprint density at radius 2 is 2.00 bits per heavy atom. The molecule has 0 heterocycles. The second kappa shape index (κ2) is 4.56. The Labute approximate surface area is 97.3 Å². The van der Waals surface area contributed by atoms with Gasteiger partial charge in [0, 0.05) is 7.11 Å². The lowest BCUT2D eigenvalue weighted by atomic mass is 9.94. The summed E-state index contributed by atoms with van der Waals surface area (Å²) in [4.78, 5) is 0. The number of ether oxygens (including phenoxy) is 1. The van der Waals surface area contributed by atoms with E-state index in [2.05, 4.69) is 19.9 Å². The summed E-state index contributed by atoms with van der Waals surface area (Å²) in [6.07, 6.45) is 1.83. The topological polar surface area (TPSA) is 29.5 Å². The molecular formula is C14H20O2. The lowest BCUT2D eigenvalue weighted by molar-refractivity contribution is -0.0262. The third kappa shape index (κ3) is 2.13. The first kappa shape index (κ1) is 11.6. The van der Waals surface area contributed by atoms with Gasteiger partial charge in [-0.1, -0.05) is 18.2 Å². The van der Waals surface area contributed by atoms with Crippen LogP contribution in [0.2, 0.25) is 0 Å². The highest BCUT2D eigenvalue weighted by molar-refractivity contribution is 5.35. The molecule has 2 rings (SSSR count). The third-order valence-corrected chi connectivity index (χ3v) is 3.64. The SMILES string of the molecule is COC(C1CC1)C(O)c1cccc(C)c1C. The standard InChI is InChI=1S/C14H20O2/c1-9-5-4-6-12(10(9)2)13(15)14(16-3)11-7-8-11/h4-6,11,13-15H,7-8H2,1-3H3. The highest BCUT2D eigenvalue weighted by Gasteiger charge is 2.37. The fraction of sp³-hybridized carbons (Fsp3) is 0.571. The van der Waals surface area contributed by atoms with E-state index in [-0.39, 0.29) is 6.10 Å². The van der Waals surface area contributed by atoms with Crippen molar-refractivity contribution >= 4 is 0 Å². The van der Waals surface area contributed by atoms with Crippen molar-refractivity contribution in [3.8, 4) is 0 Å². The zero-order valence-corrected chi connectivity index (χ0v) is 10.2. The van der Waals surface area contributed by atoms with E-state index in [1.165, 1.54) is 24.0 Å². The van der Waals surface area contributed by atoms with Crippen LogP contribution in [0.5, 0.6) is 0 Å². The third-order valence-electron chi connectivity index (χ3n) is 3.64. The molecular weight excluding hydrogens is 200 g/mol. The maximum atomic E-state index is 10.4. The number of hydrogen-bond donors (Lipinski definition) is 1. The predicted molar refractivity (Wildman–Crippen MR) is 64.4 cm³/mol. The smallest absolute Gasteiger partial charge is 0.106 e. The van der Waals surface area contributed by atoms with Crippen LogP contribution < -0.4 is 0 Å². The van der Waals surface area contributed by atoms with Crippen molar-refractivity contribution in [2.75, 3.05) is 7.11 Å². The number of aryl methyl sites for hydroxylation is 1. The molecule has 0 radical (unpaired) electrons. The Bertz CT molecular complexity index is 369. The Balaban J connectivity index is 2.24. The molecule has 2 unspecified atom stereocenters. The van der Waals surface area contributed by atoms with Crippen LogP contribution in [0, 0.1) is 19.8 Å². The van der Waals surface area contributed by atoms with E-state index in [0.717, 1.165) is 5.56 Å². The molecule has 1 aromatic rings. The normalized spacial score (nSPS) is 19.5. The van der Waals surface area contributed by atoms with E-state index in [1.807, 2.05) is 12.1 Å². The van der Waals surface area contributed by atoms with Crippen LogP contribution >= 0.6 is 0 Å². The number of aliphatic hydroxyl groups excluding tert-OH is 1. The van der Waals surface area contributed by atoms with E-state index >= 15 is 0 Å². The number of benzene rings is 1. The molecule has 0 bridgehead atoms. The number of aliphatic hydroxyl groups is 1. The first-order valence-corrected chi connectivity index (χ1v) is 5.92. The van der Waals surface area contributed by atoms with Crippen LogP contribution in [-0.4, -0.2) is 18.3 Å². The lowest BCUT2D eigenvalue weighted by Crippen LogP contribution is -2.23. The minimum Gasteiger partial charge on any atom is -0.386 e. The van der Waals surface area contributed by atoms with Gasteiger partial charge in [0.25, 0.3) is 0 Å². The highest BCUT2D eigenvalue weighted by atomic mass is 16.5. The van der Waals surface area contributed by atoms with Gasteiger partial charge in [-0.25, -0.2) is 0 Å². The van der Waals surface area contributed by atoms with Crippen LogP contribution in [0.15, 0.2) is 18.2 Å². The summed E-state index contributed by atoms with van der Waals surface area (Å²) in [6.45, 7) is 4.14. The highest BCUT2D eigenvalue weighted by Crippen LogP contribution is 2.40. The second-order valence-electron chi connectivity index (χ2n) is 4.77. The van der Waals surface area contributed by atoms with Crippen LogP contribution in [0.25, 0.3) is 0 Å². The first-order valence-electron chi connectivity index (χ1n) is 5.92. The van der Waals surface area contributed by atoms with E-state index in [0.29, 0.717) is 5.92 Å². The van der Waals surface area contributed by atoms with Gasteiger partial charge < -0.3 is 9.84 Å². The Hall–Kier alpha value is -0.860. The van der Waals surface area contributed by atoms with Gasteiger partial charge in [-0.3, -0.25) is 0 Å². The summed E-state index contributed by atoms with van der Waals surface area (Å²) in [5.41, 5.74) is 3.42. The van der Waals surface area contributed by atoms with Gasteiger partial charge in [-0.15, -0.1) is 0 Å². The average Bonchev–Trinajstić information content (AvgIpc) is 3.07. The van der Waals surface area contributed by atoms with Gasteiger partial charge in [0.2, 0.25) is 0 Å². The summed E-state index contributed by atoms with van der Waals surface area (Å²) in [5.74, 6) is 0.542. The quantitative estimate of drug-likeness (QED) is 0.845. The van der Waals surface area contributed by atoms with E-state index < -0.39 is 6.10 Å². The molecule has 2 heteroatoms. The van der Waals surface area contributed by atoms with E-state index in [4.69, 9.17) is 4.74 Å². The first-order chi connectivity index (χ1) is 7.65. The summed E-state index contributed by atoms with van der Waals surface area (Å²) < 4.78 is 5.44. The summed E-state index contributed by atoms with van der Waals surface area (Å²) >= 11 is 0. The Morgan fingerprint density at radius 1 is 1.31 bits per heavy atom. The van der Waals surface area contributed by atoms with Gasteiger partial charge in [0.15, 0.2) is 0 Å². The molecule has 0 amide bonds. The van der Waals surface area contributed by atoms with Crippen molar-refractivity contribution in [2.45, 2.75) is 38.9 Å². The lowest BCUT2D eigenvalue weighted by Gasteiger charge is -2.23. The van der Waals surface area contributed by atoms with Gasteiger partial charge in [-0.05, 0) is 49.3 Å². The molecule has 0 aliphatic heterocycles. The maximum Gasteiger partial charge on any atom is 0.106 e. The molecule has 88 valence electrons. The molecule has 2 atom stereocenters. The van der Waals surface area contributed by atoms with E-state index in [1.54, 1.807) is 7.11 Å². The summed E-state index contributed by atoms with van der Waals surface area (Å²) in [7, 11) is 1.69. The van der Waals surface area contributed by atoms with Crippen LogP contribution in [0.3, 0.4) is 0 Å². The minimum atomic E-state index is -0.489. The minimum absolute atomic E-state index is 0.0412. The van der Waals surface area contributed by atoms with Crippen molar-refractivity contribution in [1.82, 2.24) is 0 Å². The zero-order chi connectivity index (χ0) is 11.7. The molecule has 2 nitrogen and oxygen atoms in total. The molecule has 0 saturated heterocycles. The number of methoxy groups -OCH3 is 1. The Kier molecular flexibility index (Phi) is 3.31. The Morgan fingerprint density at radius 3 is 2.56 bits per heavy atom. The fourth-order valence-electron chi connectivity index (χ4n) is 2.28. The molecule has 0 spiro atoms. The summed E-state index contributed by atoms with van der Waals surface area (Å²) in [5, 5.41) is 10.4. The van der Waals surface area contributed by atoms with Crippen LogP contribution in [-0.2, 0) is 4.74 Å². The fourth-order valence-corrected chi connectivity index (χ4v) is 2.28. The van der Waals surface area contributed by atoms with Gasteiger partial charge in [-0.2, -0.15) is 0 Å². The number of rotatable bonds is 4. The zero-order valence-electron chi connectivity index (χ0n) is 10.2. The van der Waals surface area contributed by atoms with Crippen molar-refractivity contribution in [2.24, 2.45) is 5.92 Å². The van der Waals surface area contributed by atoms with Gasteiger partial charge in [0.05, 0.1) is 6.10 Å². The van der Waals surface area contributed by atoms with Crippen molar-refractivity contribution in [1.29, 1.82) is 0 Å². The van der Waals surface area contributed by atoms with Crippen LogP contribution in [0.4, 0.5) is 0 Å². The molecule has 1 fully saturated rings. The van der Waals surface area contributed by atoms with Gasteiger partial charge >= 0.3 is 0 Å². The van der Waals surface area contributed by atoms with Crippen molar-refractivity contribution in [3.05, 3.63) is 34.9 Å². The van der Waals surface area contributed by atoms with Crippen molar-refractivity contribution < 1.29 is 9.84 Å². The molecule has 1 aliphatic rings. The molecule has 1 aliphatic carbocycles. The van der Waals surface area contributed by atoms with Gasteiger partial charge in [0.1, 0.15) is 6.10 Å². The molecule has 1 N–H and O–H groups in total. The molecule has 1 aromatic carbocycles. The van der Waals surface area contributed by atoms with E-state index in [9.17, 15) is 5.11 Å². The molecule has 16 heavy (non-hydrogen) atoms. The molecule has 1 saturated carbocycles. The predicted octanol–water partition coefficient (Wildman–Crippen LogP) is 2.76. The monoisotopic (exact) mass is 220 g/mol. The van der Waals surface area contributed by atoms with Crippen LogP contribution in [0.1, 0.15) is 35.6 Å².